The molecular formula is C28H32N4O7. The van der Waals surface area contributed by atoms with Crippen LogP contribution in [0.4, 0.5) is 11.5 Å². The van der Waals surface area contributed by atoms with Gasteiger partial charge in [0, 0.05) is 50.1 Å². The Labute approximate surface area is 225 Å². The average Bonchev–Trinajstić information content (AvgIpc) is 2.86. The number of hydrogen-bond donors (Lipinski definition) is 6. The van der Waals surface area contributed by atoms with Crippen molar-refractivity contribution in [2.24, 2.45) is 17.6 Å². The van der Waals surface area contributed by atoms with Crippen molar-refractivity contribution in [1.82, 2.24) is 4.98 Å². The van der Waals surface area contributed by atoms with Crippen molar-refractivity contribution in [2.75, 3.05) is 24.3 Å². The number of phenolic OH excluding ortho intramolecular Hbond substituents is 1. The molecule has 1 amide bonds. The molecule has 2 aromatic rings. The number of carbonyl (C=O) groups is 3. The van der Waals surface area contributed by atoms with Gasteiger partial charge in [-0.2, -0.15) is 0 Å². The van der Waals surface area contributed by atoms with Crippen LogP contribution in [0, 0.1) is 11.8 Å². The highest BCUT2D eigenvalue weighted by Gasteiger charge is 2.43. The van der Waals surface area contributed by atoms with E-state index < -0.39 is 46.7 Å². The second-order valence-electron chi connectivity index (χ2n) is 10.1. The number of aliphatic hydroxyl groups is 3. The summed E-state index contributed by atoms with van der Waals surface area (Å²) in [5.41, 5.74) is 6.42. The monoisotopic (exact) mass is 536 g/mol. The highest BCUT2D eigenvalue weighted by Crippen LogP contribution is 2.45. The van der Waals surface area contributed by atoms with Crippen LogP contribution in [0.15, 0.2) is 53.1 Å². The summed E-state index contributed by atoms with van der Waals surface area (Å²) in [4.78, 5) is 44.0. The fourth-order valence-corrected chi connectivity index (χ4v) is 5.53. The number of nitrogens with one attached hydrogen (secondary N) is 1. The third-order valence-electron chi connectivity index (χ3n) is 7.33. The summed E-state index contributed by atoms with van der Waals surface area (Å²) in [6.45, 7) is 1.56. The van der Waals surface area contributed by atoms with Crippen LogP contribution in [0.2, 0.25) is 0 Å². The van der Waals surface area contributed by atoms with Crippen molar-refractivity contribution in [3.8, 4) is 5.75 Å². The number of rotatable bonds is 7. The second kappa shape index (κ2) is 10.8. The smallest absolute Gasteiger partial charge is 0.255 e. The largest absolute Gasteiger partial charge is 0.512 e. The van der Waals surface area contributed by atoms with Gasteiger partial charge in [-0.05, 0) is 55.4 Å². The van der Waals surface area contributed by atoms with Gasteiger partial charge in [-0.1, -0.05) is 6.07 Å². The minimum Gasteiger partial charge on any atom is -0.512 e. The topological polar surface area (TPSA) is 186 Å². The molecule has 0 radical (unpaired) electrons. The van der Waals surface area contributed by atoms with Crippen molar-refractivity contribution in [2.45, 2.75) is 38.8 Å². The Morgan fingerprint density at radius 2 is 1.92 bits per heavy atom. The number of hydrogen-bond acceptors (Lipinski definition) is 10. The number of fused-ring (bicyclic) bond motifs is 1. The average molecular weight is 537 g/mol. The van der Waals surface area contributed by atoms with Crippen LogP contribution < -0.4 is 16.0 Å². The zero-order valence-electron chi connectivity index (χ0n) is 21.9. The van der Waals surface area contributed by atoms with Crippen LogP contribution in [0.3, 0.4) is 0 Å². The number of aliphatic hydroxyl groups excluding tert-OH is 3. The lowest BCUT2D eigenvalue weighted by atomic mass is 9.70. The van der Waals surface area contributed by atoms with Crippen molar-refractivity contribution < 1.29 is 34.8 Å². The first kappa shape index (κ1) is 27.6. The molecule has 0 bridgehead atoms. The summed E-state index contributed by atoms with van der Waals surface area (Å²) in [5.74, 6) is -4.48. The predicted molar refractivity (Wildman–Crippen MR) is 143 cm³/mol. The number of nitrogens with two attached hydrogens (primary N) is 1. The number of pyridine rings is 1. The van der Waals surface area contributed by atoms with Crippen molar-refractivity contribution >= 4 is 29.0 Å². The number of allylic oxidation sites excluding steroid dienone is 3. The quantitative estimate of drug-likeness (QED) is 0.174. The van der Waals surface area contributed by atoms with Gasteiger partial charge in [0.05, 0.1) is 11.3 Å². The van der Waals surface area contributed by atoms with E-state index in [0.29, 0.717) is 22.6 Å². The summed E-state index contributed by atoms with van der Waals surface area (Å²) >= 11 is 0. The highest BCUT2D eigenvalue weighted by molar-refractivity contribution is 6.21. The Morgan fingerprint density at radius 1 is 1.21 bits per heavy atom. The van der Waals surface area contributed by atoms with E-state index in [1.54, 1.807) is 24.4 Å². The van der Waals surface area contributed by atoms with E-state index in [1.165, 1.54) is 6.92 Å². The maximum atomic E-state index is 13.8. The minimum atomic E-state index is -1.61. The Balaban J connectivity index is 1.73. The number of phenols is 1. The predicted octanol–water partition coefficient (Wildman–Crippen LogP) is 2.29. The van der Waals surface area contributed by atoms with Gasteiger partial charge in [-0.25, -0.2) is 4.98 Å². The molecule has 0 fully saturated rings. The lowest BCUT2D eigenvalue weighted by Gasteiger charge is -2.35. The molecule has 11 heteroatoms. The first-order chi connectivity index (χ1) is 18.4. The number of anilines is 2. The number of ketones is 2. The normalized spacial score (nSPS) is 22.4. The van der Waals surface area contributed by atoms with Gasteiger partial charge in [0.15, 0.2) is 11.6 Å². The molecule has 3 atom stereocenters. The van der Waals surface area contributed by atoms with E-state index in [0.717, 1.165) is 0 Å². The third-order valence-corrected chi connectivity index (χ3v) is 7.33. The molecule has 1 heterocycles. The van der Waals surface area contributed by atoms with E-state index in [4.69, 9.17) is 5.73 Å². The second-order valence-corrected chi connectivity index (χ2v) is 10.1. The number of Topliss-reactive ketones (excluding diaryl/α,β-unsaturated/α-hetero) is 2. The molecule has 0 saturated heterocycles. The van der Waals surface area contributed by atoms with E-state index in [9.17, 15) is 34.8 Å². The summed E-state index contributed by atoms with van der Waals surface area (Å²) in [7, 11) is 3.62. The lowest BCUT2D eigenvalue weighted by Crippen LogP contribution is -2.41. The van der Waals surface area contributed by atoms with Crippen molar-refractivity contribution in [3.63, 3.8) is 0 Å². The standard InChI is InChI=1S/C28H32N4O7/c1-13(33)21-14(8-15-11-19(34)23(28(29)39)27(38)25(15)36)9-17-18(32(2)3)10-16(24(35)22(17)26(21)37)12-31-20-6-4-5-7-30-20/h4-7,10,14-15,25,33-36H,8-9,11-12H2,1-3H3,(H2,29,39)(H,30,31)/b21-13-/t14-,15+,25-/m1/s1. The van der Waals surface area contributed by atoms with Crippen LogP contribution in [0.25, 0.3) is 0 Å². The van der Waals surface area contributed by atoms with Crippen LogP contribution in [-0.4, -0.2) is 63.1 Å². The van der Waals surface area contributed by atoms with E-state index >= 15 is 0 Å². The van der Waals surface area contributed by atoms with E-state index in [-0.39, 0.29) is 48.5 Å². The Morgan fingerprint density at radius 3 is 2.51 bits per heavy atom. The molecule has 0 unspecified atom stereocenters. The molecular weight excluding hydrogens is 504 g/mol. The number of benzene rings is 1. The van der Waals surface area contributed by atoms with Gasteiger partial charge >= 0.3 is 0 Å². The van der Waals surface area contributed by atoms with Crippen LogP contribution in [0.1, 0.15) is 41.3 Å². The number of amides is 1. The number of aromatic hydroxyl groups is 1. The minimum absolute atomic E-state index is 0.0536. The van der Waals surface area contributed by atoms with Gasteiger partial charge in [0.25, 0.3) is 5.91 Å². The van der Waals surface area contributed by atoms with Gasteiger partial charge in [0.2, 0.25) is 0 Å². The van der Waals surface area contributed by atoms with Crippen LogP contribution in [0.5, 0.6) is 5.75 Å². The molecule has 0 spiro atoms. The molecule has 11 nitrogen and oxygen atoms in total. The van der Waals surface area contributed by atoms with E-state index in [2.05, 4.69) is 10.3 Å². The summed E-state index contributed by atoms with van der Waals surface area (Å²) in [5, 5.41) is 45.8. The molecule has 39 heavy (non-hydrogen) atoms. The first-order valence-corrected chi connectivity index (χ1v) is 12.5. The summed E-state index contributed by atoms with van der Waals surface area (Å²) in [6.07, 6.45) is 0.101. The Kier molecular flexibility index (Phi) is 7.64. The molecule has 2 aliphatic rings. The van der Waals surface area contributed by atoms with Crippen molar-refractivity contribution in [1.29, 1.82) is 0 Å². The zero-order valence-corrected chi connectivity index (χ0v) is 21.9. The van der Waals surface area contributed by atoms with Gasteiger partial charge in [0.1, 0.15) is 29.0 Å². The Bertz CT molecular complexity index is 1390. The Hall–Kier alpha value is -4.38. The highest BCUT2D eigenvalue weighted by atomic mass is 16.3. The molecule has 1 aromatic carbocycles. The lowest BCUT2D eigenvalue weighted by molar-refractivity contribution is -0.130. The number of primary amides is 1. The number of aromatic nitrogens is 1. The van der Waals surface area contributed by atoms with Gasteiger partial charge in [-0.3, -0.25) is 14.4 Å². The van der Waals surface area contributed by atoms with Crippen LogP contribution in [-0.2, 0) is 22.6 Å². The molecule has 0 saturated carbocycles. The number of carbonyl (C=O) groups excluding carboxylic acids is 3. The first-order valence-electron chi connectivity index (χ1n) is 12.5. The number of nitrogens with zero attached hydrogens (tertiary/aromatic N) is 2. The molecule has 0 aliphatic heterocycles. The summed E-state index contributed by atoms with van der Waals surface area (Å²) < 4.78 is 0. The van der Waals surface area contributed by atoms with E-state index in [1.807, 2.05) is 25.1 Å². The van der Waals surface area contributed by atoms with Crippen molar-refractivity contribution in [3.05, 3.63) is 69.8 Å². The maximum Gasteiger partial charge on any atom is 0.255 e. The molecule has 7 N–H and O–H groups in total. The molecule has 1 aromatic heterocycles. The van der Waals surface area contributed by atoms with Crippen LogP contribution >= 0.6 is 0 Å². The van der Waals surface area contributed by atoms with Gasteiger partial charge < -0.3 is 36.4 Å². The SMILES string of the molecule is C/C(O)=C1/C(=O)c2c(O)c(CNc3ccccn3)cc(N(C)C)c2C[C@H]1C[C@H]1CC(O)=C(C(N)=O)C(=O)[C@@H]1O. The fraction of sp³-hybridized carbons (Fsp3) is 0.357. The maximum absolute atomic E-state index is 13.8. The molecule has 4 rings (SSSR count). The summed E-state index contributed by atoms with van der Waals surface area (Å²) in [6, 6.07) is 7.15. The third kappa shape index (κ3) is 5.17. The zero-order chi connectivity index (χ0) is 28.6. The molecule has 206 valence electrons. The fourth-order valence-electron chi connectivity index (χ4n) is 5.53. The van der Waals surface area contributed by atoms with Gasteiger partial charge in [-0.15, -0.1) is 0 Å². The molecule has 2 aliphatic carbocycles.